The number of methoxy groups -OCH3 is 1. The van der Waals surface area contributed by atoms with E-state index in [0.29, 0.717) is 13.1 Å². The molecular formula is C27H35N3O4. The zero-order chi connectivity index (χ0) is 23.9. The van der Waals surface area contributed by atoms with E-state index in [9.17, 15) is 14.9 Å². The highest BCUT2D eigenvalue weighted by molar-refractivity contribution is 5.77. The van der Waals surface area contributed by atoms with Gasteiger partial charge in [0.05, 0.1) is 4.92 Å². The van der Waals surface area contributed by atoms with Crippen LogP contribution >= 0.6 is 0 Å². The number of hydrogen-bond donors (Lipinski definition) is 0. The van der Waals surface area contributed by atoms with Crippen molar-refractivity contribution in [3.05, 3.63) is 75.8 Å². The number of para-hydroxylation sites is 1. The van der Waals surface area contributed by atoms with Gasteiger partial charge in [0.2, 0.25) is 5.91 Å². The lowest BCUT2D eigenvalue weighted by Crippen LogP contribution is -2.46. The predicted molar refractivity (Wildman–Crippen MR) is 132 cm³/mol. The number of ether oxygens (including phenoxy) is 1. The van der Waals surface area contributed by atoms with E-state index in [1.165, 1.54) is 12.0 Å². The van der Waals surface area contributed by atoms with Crippen LogP contribution in [0.25, 0.3) is 0 Å². The third-order valence-corrected chi connectivity index (χ3v) is 7.36. The molecule has 0 aromatic heterocycles. The Labute approximate surface area is 201 Å². The van der Waals surface area contributed by atoms with Crippen LogP contribution in [0, 0.1) is 16.0 Å². The summed E-state index contributed by atoms with van der Waals surface area (Å²) in [6, 6.07) is 17.7. The second-order valence-electron chi connectivity index (χ2n) is 9.63. The van der Waals surface area contributed by atoms with Gasteiger partial charge in [0.15, 0.2) is 0 Å². The molecule has 2 aromatic carbocycles. The van der Waals surface area contributed by atoms with E-state index in [1.807, 2.05) is 18.2 Å². The van der Waals surface area contributed by atoms with Gasteiger partial charge in [-0.3, -0.25) is 19.8 Å². The van der Waals surface area contributed by atoms with E-state index in [1.54, 1.807) is 19.2 Å². The molecule has 7 nitrogen and oxygen atoms in total. The first-order valence-corrected chi connectivity index (χ1v) is 12.3. The molecule has 2 atom stereocenters. The summed E-state index contributed by atoms with van der Waals surface area (Å²) in [5.41, 5.74) is 2.17. The molecule has 4 rings (SSSR count). The van der Waals surface area contributed by atoms with Crippen molar-refractivity contribution in [1.82, 2.24) is 9.80 Å². The molecule has 0 bridgehead atoms. The van der Waals surface area contributed by atoms with Gasteiger partial charge in [-0.15, -0.1) is 0 Å². The van der Waals surface area contributed by atoms with E-state index in [4.69, 9.17) is 4.74 Å². The lowest BCUT2D eigenvalue weighted by atomic mass is 9.87. The summed E-state index contributed by atoms with van der Waals surface area (Å²) in [6.45, 7) is 2.96. The van der Waals surface area contributed by atoms with E-state index >= 15 is 0 Å². The van der Waals surface area contributed by atoms with Crippen LogP contribution in [0.15, 0.2) is 54.6 Å². The highest BCUT2D eigenvalue weighted by atomic mass is 16.6. The lowest BCUT2D eigenvalue weighted by molar-refractivity contribution is -0.385. The summed E-state index contributed by atoms with van der Waals surface area (Å²) < 4.78 is 5.22. The van der Waals surface area contributed by atoms with E-state index in [0.717, 1.165) is 44.3 Å². The molecule has 1 saturated carbocycles. The Kier molecular flexibility index (Phi) is 8.29. The van der Waals surface area contributed by atoms with Crippen molar-refractivity contribution in [2.24, 2.45) is 5.92 Å². The maximum Gasteiger partial charge on any atom is 0.273 e. The molecule has 2 fully saturated rings. The number of nitro groups is 1. The van der Waals surface area contributed by atoms with Crippen LogP contribution in [-0.2, 0) is 16.1 Å². The summed E-state index contributed by atoms with van der Waals surface area (Å²) in [5, 5.41) is 11.5. The van der Waals surface area contributed by atoms with E-state index < -0.39 is 0 Å². The topological polar surface area (TPSA) is 75.9 Å². The van der Waals surface area contributed by atoms with Crippen molar-refractivity contribution in [2.75, 3.05) is 33.4 Å². The van der Waals surface area contributed by atoms with Crippen LogP contribution in [-0.4, -0.2) is 60.0 Å². The zero-order valence-electron chi connectivity index (χ0n) is 20.0. The molecule has 0 N–H and O–H groups in total. The van der Waals surface area contributed by atoms with Crippen molar-refractivity contribution in [1.29, 1.82) is 0 Å². The van der Waals surface area contributed by atoms with Gasteiger partial charge in [0, 0.05) is 56.9 Å². The fourth-order valence-electron chi connectivity index (χ4n) is 5.72. The quantitative estimate of drug-likeness (QED) is 0.399. The summed E-state index contributed by atoms with van der Waals surface area (Å²) in [4.78, 5) is 28.7. The molecule has 34 heavy (non-hydrogen) atoms. The molecule has 1 aliphatic carbocycles. The number of nitrogens with zero attached hydrogens (tertiary/aromatic N) is 3. The molecule has 2 aliphatic rings. The summed E-state index contributed by atoms with van der Waals surface area (Å²) in [6.07, 6.45) is 5.68. The van der Waals surface area contributed by atoms with Gasteiger partial charge < -0.3 is 9.64 Å². The number of carbonyl (C=O) groups excluding carboxylic acids is 1. The summed E-state index contributed by atoms with van der Waals surface area (Å²) in [7, 11) is 1.58. The van der Waals surface area contributed by atoms with Crippen molar-refractivity contribution in [3.63, 3.8) is 0 Å². The van der Waals surface area contributed by atoms with Gasteiger partial charge in [-0.2, -0.15) is 0 Å². The number of carbonyl (C=O) groups is 1. The highest BCUT2D eigenvalue weighted by Gasteiger charge is 2.38. The predicted octanol–water partition coefficient (Wildman–Crippen LogP) is 4.62. The molecule has 7 heteroatoms. The molecule has 0 radical (unpaired) electrons. The first kappa shape index (κ1) is 24.4. The number of likely N-dealkylation sites (tertiary alicyclic amines) is 1. The number of rotatable bonds is 9. The van der Waals surface area contributed by atoms with Gasteiger partial charge in [-0.25, -0.2) is 0 Å². The lowest BCUT2D eigenvalue weighted by Gasteiger charge is -2.37. The maximum absolute atomic E-state index is 13.1. The number of nitro benzene ring substituents is 1. The van der Waals surface area contributed by atoms with Crippen molar-refractivity contribution in [3.8, 4) is 0 Å². The van der Waals surface area contributed by atoms with Crippen LogP contribution in [0.2, 0.25) is 0 Å². The molecule has 1 heterocycles. The summed E-state index contributed by atoms with van der Waals surface area (Å²) in [5.74, 6) is 0.594. The average molecular weight is 466 g/mol. The van der Waals surface area contributed by atoms with Gasteiger partial charge in [0.25, 0.3) is 5.69 Å². The second kappa shape index (κ2) is 11.6. The van der Waals surface area contributed by atoms with Crippen LogP contribution in [0.5, 0.6) is 0 Å². The Morgan fingerprint density at radius 2 is 1.76 bits per heavy atom. The molecule has 2 aromatic rings. The Hall–Kier alpha value is -2.77. The minimum absolute atomic E-state index is 0.0679. The molecule has 0 spiro atoms. The molecule has 1 saturated heterocycles. The Bertz CT molecular complexity index is 961. The monoisotopic (exact) mass is 465 g/mol. The SMILES string of the molecule is COCC(=O)N(CC1CN(Cc2ccccc2[N+](=O)[O-])CC1c1ccccc1)C1CCCCC1. The van der Waals surface area contributed by atoms with Crippen LogP contribution in [0.3, 0.4) is 0 Å². The smallest absolute Gasteiger partial charge is 0.273 e. The third-order valence-electron chi connectivity index (χ3n) is 7.36. The van der Waals surface area contributed by atoms with Gasteiger partial charge in [-0.05, 0) is 24.3 Å². The van der Waals surface area contributed by atoms with Crippen LogP contribution < -0.4 is 0 Å². The fourth-order valence-corrected chi connectivity index (χ4v) is 5.72. The second-order valence-corrected chi connectivity index (χ2v) is 9.63. The van der Waals surface area contributed by atoms with Gasteiger partial charge >= 0.3 is 0 Å². The van der Waals surface area contributed by atoms with Crippen LogP contribution in [0.1, 0.15) is 49.1 Å². The minimum atomic E-state index is -0.300. The Balaban J connectivity index is 1.56. The Morgan fingerprint density at radius 3 is 2.47 bits per heavy atom. The molecule has 1 amide bonds. The largest absolute Gasteiger partial charge is 0.375 e. The number of amides is 1. The molecule has 1 aliphatic heterocycles. The molecular weight excluding hydrogens is 430 g/mol. The summed E-state index contributed by atoms with van der Waals surface area (Å²) >= 11 is 0. The maximum atomic E-state index is 13.1. The van der Waals surface area contributed by atoms with Crippen LogP contribution in [0.4, 0.5) is 5.69 Å². The number of hydrogen-bond acceptors (Lipinski definition) is 5. The molecule has 2 unspecified atom stereocenters. The van der Waals surface area contributed by atoms with E-state index in [2.05, 4.69) is 34.1 Å². The first-order valence-electron chi connectivity index (χ1n) is 12.3. The average Bonchev–Trinajstić information content (AvgIpc) is 3.26. The third kappa shape index (κ3) is 5.83. The normalized spacial score (nSPS) is 21.4. The van der Waals surface area contributed by atoms with Crippen molar-refractivity contribution < 1.29 is 14.5 Å². The Morgan fingerprint density at radius 1 is 1.06 bits per heavy atom. The standard InChI is InChI=1S/C27H35N3O4/c1-34-20-27(31)29(24-13-6-3-7-14-24)18-23-17-28(19-25(23)21-10-4-2-5-11-21)16-22-12-8-9-15-26(22)30(32)33/h2,4-5,8-12,15,23-25H,3,6-7,13-14,16-20H2,1H3. The number of benzene rings is 2. The van der Waals surface area contributed by atoms with Gasteiger partial charge in [0.1, 0.15) is 6.61 Å². The van der Waals surface area contributed by atoms with E-state index in [-0.39, 0.29) is 41.0 Å². The van der Waals surface area contributed by atoms with Crippen molar-refractivity contribution >= 4 is 11.6 Å². The van der Waals surface area contributed by atoms with Gasteiger partial charge in [-0.1, -0.05) is 67.8 Å². The first-order chi connectivity index (χ1) is 16.6. The highest BCUT2D eigenvalue weighted by Crippen LogP contribution is 2.36. The zero-order valence-corrected chi connectivity index (χ0v) is 20.0. The minimum Gasteiger partial charge on any atom is -0.375 e. The van der Waals surface area contributed by atoms with Crippen molar-refractivity contribution in [2.45, 2.75) is 50.6 Å². The molecule has 182 valence electrons. The fraction of sp³-hybridized carbons (Fsp3) is 0.519.